The van der Waals surface area contributed by atoms with Crippen LogP contribution >= 0.6 is 0 Å². The van der Waals surface area contributed by atoms with E-state index >= 15 is 0 Å². The third kappa shape index (κ3) is 3.98. The summed E-state index contributed by atoms with van der Waals surface area (Å²) in [5.74, 6) is 0.370. The molecule has 1 N–H and O–H groups in total. The molecular weight excluding hydrogens is 224 g/mol. The van der Waals surface area contributed by atoms with Crippen LogP contribution in [0.5, 0.6) is 0 Å². The van der Waals surface area contributed by atoms with Gasteiger partial charge in [0.1, 0.15) is 0 Å². The fourth-order valence-electron chi connectivity index (χ4n) is 2.67. The SMILES string of the molecule is CCCCCN(C(=O)C1(C)CCNCC1)C(C)C. The molecule has 1 rings (SSSR count). The van der Waals surface area contributed by atoms with Gasteiger partial charge in [-0.3, -0.25) is 4.79 Å². The summed E-state index contributed by atoms with van der Waals surface area (Å²) in [5, 5.41) is 3.34. The Balaban J connectivity index is 2.63. The number of carbonyl (C=O) groups is 1. The van der Waals surface area contributed by atoms with Crippen LogP contribution in [-0.4, -0.2) is 36.5 Å². The normalized spacial score (nSPS) is 18.9. The van der Waals surface area contributed by atoms with Gasteiger partial charge in [-0.15, -0.1) is 0 Å². The number of rotatable bonds is 6. The van der Waals surface area contributed by atoms with Crippen molar-refractivity contribution in [2.24, 2.45) is 5.41 Å². The molecule has 0 bridgehead atoms. The number of hydrogen-bond acceptors (Lipinski definition) is 2. The summed E-state index contributed by atoms with van der Waals surface area (Å²) < 4.78 is 0. The smallest absolute Gasteiger partial charge is 0.228 e. The Kier molecular flexibility index (Phi) is 6.13. The summed E-state index contributed by atoms with van der Waals surface area (Å²) in [5.41, 5.74) is -0.137. The standard InChI is InChI=1S/C15H30N2O/c1-5-6-7-12-17(13(2)3)14(18)15(4)8-10-16-11-9-15/h13,16H,5-12H2,1-4H3. The minimum absolute atomic E-state index is 0.137. The largest absolute Gasteiger partial charge is 0.340 e. The molecule has 3 heteroatoms. The van der Waals surface area contributed by atoms with Crippen LogP contribution in [0, 0.1) is 5.41 Å². The lowest BCUT2D eigenvalue weighted by Gasteiger charge is -2.39. The molecule has 18 heavy (non-hydrogen) atoms. The lowest BCUT2D eigenvalue weighted by molar-refractivity contribution is -0.144. The van der Waals surface area contributed by atoms with Crippen LogP contribution in [0.15, 0.2) is 0 Å². The topological polar surface area (TPSA) is 32.3 Å². The predicted molar refractivity (Wildman–Crippen MR) is 76.6 cm³/mol. The minimum Gasteiger partial charge on any atom is -0.340 e. The van der Waals surface area contributed by atoms with E-state index in [0.29, 0.717) is 11.9 Å². The third-order valence-electron chi connectivity index (χ3n) is 4.11. The Morgan fingerprint density at radius 3 is 2.39 bits per heavy atom. The van der Waals surface area contributed by atoms with E-state index in [2.05, 4.69) is 37.9 Å². The van der Waals surface area contributed by atoms with Crippen LogP contribution in [0.3, 0.4) is 0 Å². The van der Waals surface area contributed by atoms with Gasteiger partial charge in [0.25, 0.3) is 0 Å². The summed E-state index contributed by atoms with van der Waals surface area (Å²) >= 11 is 0. The second kappa shape index (κ2) is 7.13. The number of amides is 1. The Morgan fingerprint density at radius 2 is 1.89 bits per heavy atom. The van der Waals surface area contributed by atoms with Crippen LogP contribution in [-0.2, 0) is 4.79 Å². The van der Waals surface area contributed by atoms with Crippen molar-refractivity contribution in [1.29, 1.82) is 0 Å². The zero-order valence-electron chi connectivity index (χ0n) is 12.6. The number of unbranched alkanes of at least 4 members (excludes halogenated alkanes) is 2. The zero-order valence-corrected chi connectivity index (χ0v) is 12.6. The molecule has 0 aromatic carbocycles. The Morgan fingerprint density at radius 1 is 1.28 bits per heavy atom. The molecule has 0 atom stereocenters. The number of hydrogen-bond donors (Lipinski definition) is 1. The first-order valence-corrected chi connectivity index (χ1v) is 7.53. The maximum atomic E-state index is 12.8. The van der Waals surface area contributed by atoms with Crippen molar-refractivity contribution >= 4 is 5.91 Å². The highest BCUT2D eigenvalue weighted by Crippen LogP contribution is 2.31. The minimum atomic E-state index is -0.137. The molecule has 1 aliphatic rings. The number of piperidine rings is 1. The molecule has 0 spiro atoms. The number of nitrogens with zero attached hydrogens (tertiary/aromatic N) is 1. The molecule has 0 aromatic rings. The number of nitrogens with one attached hydrogen (secondary N) is 1. The van der Waals surface area contributed by atoms with Gasteiger partial charge in [-0.25, -0.2) is 0 Å². The van der Waals surface area contributed by atoms with Gasteiger partial charge in [-0.2, -0.15) is 0 Å². The van der Waals surface area contributed by atoms with E-state index in [9.17, 15) is 4.79 Å². The summed E-state index contributed by atoms with van der Waals surface area (Å²) in [6.45, 7) is 11.5. The molecule has 3 nitrogen and oxygen atoms in total. The van der Waals surface area contributed by atoms with Gasteiger partial charge < -0.3 is 10.2 Å². The molecule has 106 valence electrons. The zero-order chi connectivity index (χ0) is 13.6. The van der Waals surface area contributed by atoms with Gasteiger partial charge in [0.15, 0.2) is 0 Å². The Labute approximate surface area is 112 Å². The lowest BCUT2D eigenvalue weighted by atomic mass is 9.79. The molecule has 1 aliphatic heterocycles. The summed E-state index contributed by atoms with van der Waals surface area (Å²) in [7, 11) is 0. The van der Waals surface area contributed by atoms with E-state index in [4.69, 9.17) is 0 Å². The fraction of sp³-hybridized carbons (Fsp3) is 0.933. The highest BCUT2D eigenvalue weighted by molar-refractivity contribution is 5.82. The van der Waals surface area contributed by atoms with E-state index in [0.717, 1.165) is 38.9 Å². The first kappa shape index (κ1) is 15.5. The maximum Gasteiger partial charge on any atom is 0.228 e. The summed E-state index contributed by atoms with van der Waals surface area (Å²) in [4.78, 5) is 14.9. The summed E-state index contributed by atoms with van der Waals surface area (Å²) in [6.07, 6.45) is 5.51. The molecule has 0 aromatic heterocycles. The Bertz CT molecular complexity index is 257. The van der Waals surface area contributed by atoms with Gasteiger partial charge in [0.05, 0.1) is 0 Å². The first-order valence-electron chi connectivity index (χ1n) is 7.53. The molecule has 1 saturated heterocycles. The monoisotopic (exact) mass is 254 g/mol. The second-order valence-electron chi connectivity index (χ2n) is 6.11. The van der Waals surface area contributed by atoms with E-state index in [1.165, 1.54) is 12.8 Å². The molecule has 0 radical (unpaired) electrons. The molecule has 0 saturated carbocycles. The van der Waals surface area contributed by atoms with E-state index in [-0.39, 0.29) is 5.41 Å². The summed E-state index contributed by atoms with van der Waals surface area (Å²) in [6, 6.07) is 0.320. The van der Waals surface area contributed by atoms with Crippen molar-refractivity contribution in [2.45, 2.75) is 65.8 Å². The van der Waals surface area contributed by atoms with E-state index in [1.54, 1.807) is 0 Å². The van der Waals surface area contributed by atoms with Crippen molar-refractivity contribution in [2.75, 3.05) is 19.6 Å². The van der Waals surface area contributed by atoms with Gasteiger partial charge >= 0.3 is 0 Å². The first-order chi connectivity index (χ1) is 8.51. The highest BCUT2D eigenvalue weighted by atomic mass is 16.2. The van der Waals surface area contributed by atoms with Crippen molar-refractivity contribution in [1.82, 2.24) is 10.2 Å². The average molecular weight is 254 g/mol. The molecule has 0 aliphatic carbocycles. The van der Waals surface area contributed by atoms with Gasteiger partial charge in [-0.05, 0) is 46.2 Å². The maximum absolute atomic E-state index is 12.8. The van der Waals surface area contributed by atoms with Crippen LogP contribution in [0.1, 0.15) is 59.8 Å². The Hall–Kier alpha value is -0.570. The van der Waals surface area contributed by atoms with Crippen LogP contribution in [0.25, 0.3) is 0 Å². The van der Waals surface area contributed by atoms with Crippen molar-refractivity contribution in [3.8, 4) is 0 Å². The van der Waals surface area contributed by atoms with Crippen LogP contribution in [0.4, 0.5) is 0 Å². The molecule has 0 unspecified atom stereocenters. The van der Waals surface area contributed by atoms with Gasteiger partial charge in [0, 0.05) is 18.0 Å². The molecule has 1 heterocycles. The van der Waals surface area contributed by atoms with E-state index in [1.807, 2.05) is 0 Å². The van der Waals surface area contributed by atoms with Crippen LogP contribution < -0.4 is 5.32 Å². The van der Waals surface area contributed by atoms with Crippen molar-refractivity contribution < 1.29 is 4.79 Å². The molecular formula is C15H30N2O. The predicted octanol–water partition coefficient (Wildman–Crippen LogP) is 2.80. The number of carbonyl (C=O) groups excluding carboxylic acids is 1. The fourth-order valence-corrected chi connectivity index (χ4v) is 2.67. The van der Waals surface area contributed by atoms with E-state index < -0.39 is 0 Å². The highest BCUT2D eigenvalue weighted by Gasteiger charge is 2.38. The van der Waals surface area contributed by atoms with Crippen molar-refractivity contribution in [3.63, 3.8) is 0 Å². The molecule has 1 fully saturated rings. The second-order valence-corrected chi connectivity index (χ2v) is 6.11. The van der Waals surface area contributed by atoms with Gasteiger partial charge in [-0.1, -0.05) is 26.7 Å². The van der Waals surface area contributed by atoms with Crippen LogP contribution in [0.2, 0.25) is 0 Å². The quantitative estimate of drug-likeness (QED) is 0.739. The van der Waals surface area contributed by atoms with Gasteiger partial charge in [0.2, 0.25) is 5.91 Å². The molecule has 1 amide bonds. The lowest BCUT2D eigenvalue weighted by Crippen LogP contribution is -2.50. The van der Waals surface area contributed by atoms with Crippen molar-refractivity contribution in [3.05, 3.63) is 0 Å². The average Bonchev–Trinajstić information content (AvgIpc) is 2.34. The third-order valence-corrected chi connectivity index (χ3v) is 4.11.